The van der Waals surface area contributed by atoms with Crippen molar-refractivity contribution in [3.8, 4) is 0 Å². The first-order chi connectivity index (χ1) is 8.08. The van der Waals surface area contributed by atoms with Crippen LogP contribution < -0.4 is 11.3 Å². The number of hydrogen-bond acceptors (Lipinski definition) is 2. The van der Waals surface area contributed by atoms with Gasteiger partial charge < -0.3 is 10.3 Å². The summed E-state index contributed by atoms with van der Waals surface area (Å²) in [5.41, 5.74) is 5.36. The van der Waals surface area contributed by atoms with Crippen LogP contribution in [0.3, 0.4) is 0 Å². The lowest BCUT2D eigenvalue weighted by Gasteiger charge is -2.08. The molecule has 5 heteroatoms. The van der Waals surface area contributed by atoms with Gasteiger partial charge in [-0.15, -0.1) is 0 Å². The Balaban J connectivity index is 2.45. The van der Waals surface area contributed by atoms with E-state index in [1.807, 2.05) is 0 Å². The van der Waals surface area contributed by atoms with Gasteiger partial charge in [0.2, 0.25) is 0 Å². The normalized spacial score (nSPS) is 10.5. The first kappa shape index (κ1) is 11.3. The first-order valence-corrected chi connectivity index (χ1v) is 4.97. The molecule has 0 amide bonds. The fraction of sp³-hybridized carbons (Fsp3) is 0.0833. The lowest BCUT2D eigenvalue weighted by molar-refractivity contribution is 0.542. The number of pyridine rings is 1. The number of nitrogens with zero attached hydrogens (tertiary/aromatic N) is 1. The quantitative estimate of drug-likeness (QED) is 0.863. The minimum absolute atomic E-state index is 0.153. The molecule has 2 N–H and O–H groups in total. The predicted octanol–water partition coefficient (Wildman–Crippen LogP) is 1.76. The SMILES string of the molecule is Nc1ccc(=O)n(Cc2c(F)cccc2F)c1. The maximum atomic E-state index is 13.4. The molecule has 2 rings (SSSR count). The van der Waals surface area contributed by atoms with Crippen LogP contribution in [0.2, 0.25) is 0 Å². The van der Waals surface area contributed by atoms with Gasteiger partial charge in [0, 0.05) is 23.5 Å². The maximum Gasteiger partial charge on any atom is 0.250 e. The molecule has 0 saturated heterocycles. The topological polar surface area (TPSA) is 48.0 Å². The second-order valence-corrected chi connectivity index (χ2v) is 3.63. The molecule has 2 aromatic rings. The highest BCUT2D eigenvalue weighted by molar-refractivity contribution is 5.34. The third-order valence-electron chi connectivity index (χ3n) is 2.40. The smallest absolute Gasteiger partial charge is 0.250 e. The average Bonchev–Trinajstić information content (AvgIpc) is 2.28. The molecule has 0 spiro atoms. The maximum absolute atomic E-state index is 13.4. The number of nitrogens with two attached hydrogens (primary N) is 1. The number of hydrogen-bond donors (Lipinski definition) is 1. The van der Waals surface area contributed by atoms with E-state index in [0.29, 0.717) is 5.69 Å². The van der Waals surface area contributed by atoms with E-state index < -0.39 is 11.6 Å². The number of halogens is 2. The van der Waals surface area contributed by atoms with Crippen LogP contribution in [0, 0.1) is 11.6 Å². The van der Waals surface area contributed by atoms with E-state index in [-0.39, 0.29) is 17.7 Å². The van der Waals surface area contributed by atoms with Crippen molar-refractivity contribution in [2.45, 2.75) is 6.54 Å². The molecule has 0 fully saturated rings. The van der Waals surface area contributed by atoms with Gasteiger partial charge >= 0.3 is 0 Å². The lowest BCUT2D eigenvalue weighted by atomic mass is 10.2. The van der Waals surface area contributed by atoms with Crippen LogP contribution in [0.4, 0.5) is 14.5 Å². The summed E-state index contributed by atoms with van der Waals surface area (Å²) < 4.78 is 27.9. The summed E-state index contributed by atoms with van der Waals surface area (Å²) >= 11 is 0. The van der Waals surface area contributed by atoms with Gasteiger partial charge in [-0.05, 0) is 18.2 Å². The summed E-state index contributed by atoms with van der Waals surface area (Å²) in [4.78, 5) is 11.5. The summed E-state index contributed by atoms with van der Waals surface area (Å²) in [6.07, 6.45) is 1.36. The minimum atomic E-state index is -0.681. The molecule has 0 radical (unpaired) electrons. The number of anilines is 1. The Kier molecular flexibility index (Phi) is 2.91. The zero-order chi connectivity index (χ0) is 12.4. The first-order valence-electron chi connectivity index (χ1n) is 4.97. The van der Waals surface area contributed by atoms with Gasteiger partial charge in [-0.1, -0.05) is 6.07 Å². The third-order valence-corrected chi connectivity index (χ3v) is 2.40. The monoisotopic (exact) mass is 236 g/mol. The summed E-state index contributed by atoms with van der Waals surface area (Å²) in [5.74, 6) is -1.36. The number of rotatable bonds is 2. The average molecular weight is 236 g/mol. The zero-order valence-corrected chi connectivity index (χ0v) is 8.86. The van der Waals surface area contributed by atoms with E-state index in [1.165, 1.54) is 24.4 Å². The van der Waals surface area contributed by atoms with Crippen LogP contribution in [-0.4, -0.2) is 4.57 Å². The standard InChI is InChI=1S/C12H10F2N2O/c13-10-2-1-3-11(14)9(10)7-16-6-8(15)4-5-12(16)17/h1-6H,7,15H2. The summed E-state index contributed by atoms with van der Waals surface area (Å²) in [6, 6.07) is 6.27. The Morgan fingerprint density at radius 2 is 1.76 bits per heavy atom. The second kappa shape index (κ2) is 4.37. The fourth-order valence-electron chi connectivity index (χ4n) is 1.53. The van der Waals surface area contributed by atoms with E-state index >= 15 is 0 Å². The van der Waals surface area contributed by atoms with Crippen molar-refractivity contribution in [3.05, 3.63) is 64.1 Å². The zero-order valence-electron chi connectivity index (χ0n) is 8.86. The van der Waals surface area contributed by atoms with Crippen molar-refractivity contribution in [2.24, 2.45) is 0 Å². The summed E-state index contributed by atoms with van der Waals surface area (Å²) in [7, 11) is 0. The number of nitrogen functional groups attached to an aromatic ring is 1. The van der Waals surface area contributed by atoms with Crippen molar-refractivity contribution < 1.29 is 8.78 Å². The molecule has 0 atom stereocenters. The molecule has 1 aromatic heterocycles. The van der Waals surface area contributed by atoms with Crippen molar-refractivity contribution in [1.29, 1.82) is 0 Å². The van der Waals surface area contributed by atoms with Crippen LogP contribution in [0.5, 0.6) is 0 Å². The van der Waals surface area contributed by atoms with E-state index in [1.54, 1.807) is 0 Å². The highest BCUT2D eigenvalue weighted by Crippen LogP contribution is 2.13. The van der Waals surface area contributed by atoms with Crippen LogP contribution in [0.25, 0.3) is 0 Å². The summed E-state index contributed by atoms with van der Waals surface area (Å²) in [5, 5.41) is 0. The molecule has 1 aromatic carbocycles. The van der Waals surface area contributed by atoms with Gasteiger partial charge in [0.25, 0.3) is 5.56 Å². The highest BCUT2D eigenvalue weighted by atomic mass is 19.1. The summed E-state index contributed by atoms with van der Waals surface area (Å²) in [6.45, 7) is -0.178. The molecule has 0 aliphatic rings. The molecule has 17 heavy (non-hydrogen) atoms. The van der Waals surface area contributed by atoms with Gasteiger partial charge in [0.05, 0.1) is 6.54 Å². The molecule has 0 aliphatic carbocycles. The Morgan fingerprint density at radius 1 is 1.12 bits per heavy atom. The Labute approximate surface area is 96.1 Å². The lowest BCUT2D eigenvalue weighted by Crippen LogP contribution is -2.20. The minimum Gasteiger partial charge on any atom is -0.398 e. The van der Waals surface area contributed by atoms with Crippen molar-refractivity contribution in [1.82, 2.24) is 4.57 Å². The highest BCUT2D eigenvalue weighted by Gasteiger charge is 2.09. The van der Waals surface area contributed by atoms with Crippen LogP contribution in [0.15, 0.2) is 41.3 Å². The molecule has 88 valence electrons. The van der Waals surface area contributed by atoms with Gasteiger partial charge in [-0.3, -0.25) is 4.79 Å². The van der Waals surface area contributed by atoms with Crippen LogP contribution in [0.1, 0.15) is 5.56 Å². The predicted molar refractivity (Wildman–Crippen MR) is 60.6 cm³/mol. The van der Waals surface area contributed by atoms with Crippen molar-refractivity contribution in [3.63, 3.8) is 0 Å². The van der Waals surface area contributed by atoms with Crippen molar-refractivity contribution >= 4 is 5.69 Å². The molecule has 0 aliphatic heterocycles. The van der Waals surface area contributed by atoms with E-state index in [9.17, 15) is 13.6 Å². The number of benzene rings is 1. The number of aromatic nitrogens is 1. The fourth-order valence-corrected chi connectivity index (χ4v) is 1.53. The van der Waals surface area contributed by atoms with Crippen molar-refractivity contribution in [2.75, 3.05) is 5.73 Å². The Hall–Kier alpha value is -2.17. The molecular formula is C12H10F2N2O. The van der Waals surface area contributed by atoms with E-state index in [0.717, 1.165) is 16.7 Å². The molecule has 3 nitrogen and oxygen atoms in total. The van der Waals surface area contributed by atoms with Gasteiger partial charge in [0.15, 0.2) is 0 Å². The molecule has 0 unspecified atom stereocenters. The van der Waals surface area contributed by atoms with E-state index in [4.69, 9.17) is 5.73 Å². The largest absolute Gasteiger partial charge is 0.398 e. The van der Waals surface area contributed by atoms with Gasteiger partial charge in [-0.2, -0.15) is 0 Å². The van der Waals surface area contributed by atoms with E-state index in [2.05, 4.69) is 0 Å². The van der Waals surface area contributed by atoms with Crippen LogP contribution >= 0.6 is 0 Å². The molecule has 0 saturated carbocycles. The van der Waals surface area contributed by atoms with Crippen LogP contribution in [-0.2, 0) is 6.54 Å². The van der Waals surface area contributed by atoms with Gasteiger partial charge in [0.1, 0.15) is 11.6 Å². The third kappa shape index (κ3) is 2.33. The van der Waals surface area contributed by atoms with Gasteiger partial charge in [-0.25, -0.2) is 8.78 Å². The molecule has 0 bridgehead atoms. The Morgan fingerprint density at radius 3 is 2.41 bits per heavy atom. The Bertz CT molecular complexity index is 587. The molecular weight excluding hydrogens is 226 g/mol. The molecule has 1 heterocycles. The second-order valence-electron chi connectivity index (χ2n) is 3.63.